The molecule has 0 saturated heterocycles. The van der Waals surface area contributed by atoms with Crippen LogP contribution in [0.4, 0.5) is 17.1 Å². The Kier molecular flexibility index (Phi) is 8.04. The first-order chi connectivity index (χ1) is 25.2. The molecule has 0 N–H and O–H groups in total. The van der Waals surface area contributed by atoms with E-state index in [1.807, 2.05) is 12.1 Å². The number of rotatable bonds is 7. The average Bonchev–Trinajstić information content (AvgIpc) is 3.57. The molecule has 1 aromatic heterocycles. The van der Waals surface area contributed by atoms with Gasteiger partial charge < -0.3 is 9.32 Å². The first kappa shape index (κ1) is 30.9. The van der Waals surface area contributed by atoms with Gasteiger partial charge in [0.05, 0.1) is 0 Å². The molecular weight excluding hydrogens is 686 g/mol. The van der Waals surface area contributed by atoms with Gasteiger partial charge in [0.15, 0.2) is 0 Å². The van der Waals surface area contributed by atoms with Crippen molar-refractivity contribution < 1.29 is 4.42 Å². The third-order valence-electron chi connectivity index (χ3n) is 9.55. The van der Waals surface area contributed by atoms with Crippen molar-refractivity contribution in [3.8, 4) is 44.5 Å². The lowest BCUT2D eigenvalue weighted by Gasteiger charge is -2.26. The van der Waals surface area contributed by atoms with Crippen LogP contribution in [0, 0.1) is 0 Å². The smallest absolute Gasteiger partial charge is 0.136 e. The SMILES string of the molecule is Brc1ccc(-c2cccc(N(c3ccc(-c4ccccc4)cc3)c3ccc(-c4ccccc4)cc3)c2)c(-c2ccc3c(c2)oc2ccccc23)c1. The fourth-order valence-corrected chi connectivity index (χ4v) is 7.39. The van der Waals surface area contributed by atoms with Gasteiger partial charge in [-0.1, -0.05) is 143 Å². The molecule has 0 aliphatic heterocycles. The maximum Gasteiger partial charge on any atom is 0.136 e. The van der Waals surface area contributed by atoms with Gasteiger partial charge in [0, 0.05) is 32.3 Å². The summed E-state index contributed by atoms with van der Waals surface area (Å²) in [4.78, 5) is 2.34. The summed E-state index contributed by atoms with van der Waals surface area (Å²) in [5, 5.41) is 2.26. The summed E-state index contributed by atoms with van der Waals surface area (Å²) in [7, 11) is 0. The zero-order valence-electron chi connectivity index (χ0n) is 27.7. The maximum absolute atomic E-state index is 6.29. The highest BCUT2D eigenvalue weighted by Gasteiger charge is 2.17. The molecular formula is C48H32BrNO. The standard InChI is InChI=1S/C48H32BrNO/c49-39-23-29-43(46(32-39)38-22-28-45-44-16-7-8-17-47(44)51-48(45)31-38)37-14-9-15-42(30-37)50(40-24-18-35(19-25-40)33-10-3-1-4-11-33)41-26-20-36(21-27-41)34-12-5-2-6-13-34/h1-32H. The summed E-state index contributed by atoms with van der Waals surface area (Å²) in [6, 6.07) is 68.9. The Hall–Kier alpha value is -6.16. The van der Waals surface area contributed by atoms with Crippen LogP contribution >= 0.6 is 15.9 Å². The van der Waals surface area contributed by atoms with Gasteiger partial charge >= 0.3 is 0 Å². The highest BCUT2D eigenvalue weighted by Crippen LogP contribution is 2.42. The van der Waals surface area contributed by atoms with Crippen molar-refractivity contribution in [3.63, 3.8) is 0 Å². The van der Waals surface area contributed by atoms with Crippen LogP contribution in [0.2, 0.25) is 0 Å². The number of para-hydroxylation sites is 1. The maximum atomic E-state index is 6.29. The Morgan fingerprint density at radius 2 is 0.863 bits per heavy atom. The lowest BCUT2D eigenvalue weighted by atomic mass is 9.93. The van der Waals surface area contributed by atoms with Crippen molar-refractivity contribution in [2.45, 2.75) is 0 Å². The second-order valence-electron chi connectivity index (χ2n) is 12.7. The van der Waals surface area contributed by atoms with E-state index in [2.05, 4.69) is 203 Å². The van der Waals surface area contributed by atoms with Crippen LogP contribution in [-0.4, -0.2) is 0 Å². The molecule has 0 atom stereocenters. The number of anilines is 3. The number of furan rings is 1. The third-order valence-corrected chi connectivity index (χ3v) is 10.0. The van der Waals surface area contributed by atoms with Crippen molar-refractivity contribution in [2.75, 3.05) is 4.90 Å². The van der Waals surface area contributed by atoms with Crippen LogP contribution in [0.1, 0.15) is 0 Å². The topological polar surface area (TPSA) is 16.4 Å². The van der Waals surface area contributed by atoms with Gasteiger partial charge in [0.1, 0.15) is 11.2 Å². The quantitative estimate of drug-likeness (QED) is 0.163. The summed E-state index contributed by atoms with van der Waals surface area (Å²) in [5.41, 5.74) is 14.3. The molecule has 242 valence electrons. The largest absolute Gasteiger partial charge is 0.456 e. The second kappa shape index (κ2) is 13.3. The van der Waals surface area contributed by atoms with E-state index in [0.29, 0.717) is 0 Å². The lowest BCUT2D eigenvalue weighted by Crippen LogP contribution is -2.10. The fraction of sp³-hybridized carbons (Fsp3) is 0. The molecule has 8 aromatic carbocycles. The second-order valence-corrected chi connectivity index (χ2v) is 13.6. The zero-order valence-corrected chi connectivity index (χ0v) is 29.3. The van der Waals surface area contributed by atoms with E-state index < -0.39 is 0 Å². The van der Waals surface area contributed by atoms with Gasteiger partial charge in [0.25, 0.3) is 0 Å². The molecule has 0 aliphatic carbocycles. The number of benzene rings is 8. The van der Waals surface area contributed by atoms with Crippen LogP contribution in [0.15, 0.2) is 203 Å². The van der Waals surface area contributed by atoms with Crippen molar-refractivity contribution >= 4 is 54.9 Å². The van der Waals surface area contributed by atoms with Gasteiger partial charge in [-0.3, -0.25) is 0 Å². The Morgan fingerprint density at radius 3 is 1.53 bits per heavy atom. The average molecular weight is 719 g/mol. The summed E-state index contributed by atoms with van der Waals surface area (Å²) < 4.78 is 7.32. The van der Waals surface area contributed by atoms with Crippen LogP contribution in [0.3, 0.4) is 0 Å². The molecule has 0 radical (unpaired) electrons. The van der Waals surface area contributed by atoms with E-state index in [1.165, 1.54) is 22.3 Å². The summed E-state index contributed by atoms with van der Waals surface area (Å²) in [6.45, 7) is 0. The Labute approximate surface area is 306 Å². The lowest BCUT2D eigenvalue weighted by molar-refractivity contribution is 0.669. The van der Waals surface area contributed by atoms with Gasteiger partial charge in [-0.2, -0.15) is 0 Å². The first-order valence-corrected chi connectivity index (χ1v) is 17.9. The molecule has 3 heteroatoms. The molecule has 2 nitrogen and oxygen atoms in total. The first-order valence-electron chi connectivity index (χ1n) is 17.1. The van der Waals surface area contributed by atoms with E-state index in [9.17, 15) is 0 Å². The molecule has 0 amide bonds. The minimum Gasteiger partial charge on any atom is -0.456 e. The van der Waals surface area contributed by atoms with E-state index in [1.54, 1.807) is 0 Å². The van der Waals surface area contributed by atoms with Crippen molar-refractivity contribution in [1.82, 2.24) is 0 Å². The van der Waals surface area contributed by atoms with E-state index in [0.717, 1.165) is 65.7 Å². The molecule has 9 rings (SSSR count). The molecule has 0 fully saturated rings. The van der Waals surface area contributed by atoms with E-state index in [4.69, 9.17) is 4.42 Å². The summed E-state index contributed by atoms with van der Waals surface area (Å²) in [6.07, 6.45) is 0. The number of hydrogen-bond donors (Lipinski definition) is 0. The van der Waals surface area contributed by atoms with Gasteiger partial charge in [0.2, 0.25) is 0 Å². The molecule has 51 heavy (non-hydrogen) atoms. The molecule has 0 saturated carbocycles. The fourth-order valence-electron chi connectivity index (χ4n) is 7.03. The van der Waals surface area contributed by atoms with Gasteiger partial charge in [-0.15, -0.1) is 0 Å². The molecule has 9 aromatic rings. The number of halogens is 1. The molecule has 0 unspecified atom stereocenters. The van der Waals surface area contributed by atoms with Crippen LogP contribution in [-0.2, 0) is 0 Å². The third kappa shape index (κ3) is 6.03. The van der Waals surface area contributed by atoms with Gasteiger partial charge in [-0.25, -0.2) is 0 Å². The Bertz CT molecular complexity index is 2540. The monoisotopic (exact) mass is 717 g/mol. The summed E-state index contributed by atoms with van der Waals surface area (Å²) >= 11 is 3.76. The van der Waals surface area contributed by atoms with Crippen molar-refractivity contribution in [3.05, 3.63) is 199 Å². The normalized spacial score (nSPS) is 11.2. The Morgan fingerprint density at radius 1 is 0.333 bits per heavy atom. The predicted octanol–water partition coefficient (Wildman–Crippen LogP) is 14.5. The predicted molar refractivity (Wildman–Crippen MR) is 218 cm³/mol. The molecule has 0 bridgehead atoms. The molecule has 1 heterocycles. The van der Waals surface area contributed by atoms with E-state index in [-0.39, 0.29) is 0 Å². The molecule has 0 aliphatic rings. The number of hydrogen-bond acceptors (Lipinski definition) is 2. The van der Waals surface area contributed by atoms with Crippen molar-refractivity contribution in [2.24, 2.45) is 0 Å². The van der Waals surface area contributed by atoms with Crippen LogP contribution < -0.4 is 4.90 Å². The summed E-state index contributed by atoms with van der Waals surface area (Å²) in [5.74, 6) is 0. The molecule has 0 spiro atoms. The minimum atomic E-state index is 0.887. The number of fused-ring (bicyclic) bond motifs is 3. The Balaban J connectivity index is 1.15. The van der Waals surface area contributed by atoms with E-state index >= 15 is 0 Å². The zero-order chi connectivity index (χ0) is 34.1. The minimum absolute atomic E-state index is 0.887. The highest BCUT2D eigenvalue weighted by molar-refractivity contribution is 9.10. The van der Waals surface area contributed by atoms with Crippen LogP contribution in [0.25, 0.3) is 66.4 Å². The number of nitrogens with zero attached hydrogens (tertiary/aromatic N) is 1. The van der Waals surface area contributed by atoms with Crippen LogP contribution in [0.5, 0.6) is 0 Å². The van der Waals surface area contributed by atoms with Gasteiger partial charge in [-0.05, 0) is 111 Å². The highest BCUT2D eigenvalue weighted by atomic mass is 79.9. The van der Waals surface area contributed by atoms with Crippen molar-refractivity contribution in [1.29, 1.82) is 0 Å².